The van der Waals surface area contributed by atoms with E-state index in [9.17, 15) is 4.79 Å². The fourth-order valence-corrected chi connectivity index (χ4v) is 1.68. The van der Waals surface area contributed by atoms with Crippen LogP contribution in [0.2, 0.25) is 0 Å². The SMILES string of the molecule is COc1ccccc1C=Nc1ccccc1C(=O)O. The Morgan fingerprint density at radius 1 is 1.16 bits per heavy atom. The summed E-state index contributed by atoms with van der Waals surface area (Å²) >= 11 is 0. The molecule has 0 aliphatic carbocycles. The molecule has 0 fully saturated rings. The number of hydrogen-bond acceptors (Lipinski definition) is 3. The standard InChI is InChI=1S/C15H13NO3/c1-19-14-9-5-2-6-11(14)10-16-13-8-4-3-7-12(13)15(17)18/h2-10H,1H3,(H,17,18). The number of para-hydroxylation sites is 2. The van der Waals surface area contributed by atoms with Gasteiger partial charge in [0, 0.05) is 11.8 Å². The number of carboxylic acids is 1. The maximum absolute atomic E-state index is 11.1. The van der Waals surface area contributed by atoms with Gasteiger partial charge in [-0.1, -0.05) is 24.3 Å². The van der Waals surface area contributed by atoms with Crippen molar-refractivity contribution in [1.82, 2.24) is 0 Å². The molecule has 0 atom stereocenters. The van der Waals surface area contributed by atoms with Gasteiger partial charge in [-0.05, 0) is 24.3 Å². The zero-order valence-electron chi connectivity index (χ0n) is 10.4. The van der Waals surface area contributed by atoms with Crippen LogP contribution in [0.4, 0.5) is 5.69 Å². The number of nitrogens with zero attached hydrogens (tertiary/aromatic N) is 1. The molecule has 0 saturated heterocycles. The van der Waals surface area contributed by atoms with Crippen LogP contribution in [-0.4, -0.2) is 24.4 Å². The molecule has 2 aromatic carbocycles. The van der Waals surface area contributed by atoms with Crippen LogP contribution in [0.1, 0.15) is 15.9 Å². The first-order valence-electron chi connectivity index (χ1n) is 5.72. The van der Waals surface area contributed by atoms with Crippen LogP contribution in [-0.2, 0) is 0 Å². The van der Waals surface area contributed by atoms with E-state index >= 15 is 0 Å². The Hall–Kier alpha value is -2.62. The van der Waals surface area contributed by atoms with Crippen LogP contribution < -0.4 is 4.74 Å². The van der Waals surface area contributed by atoms with Crippen LogP contribution in [0.15, 0.2) is 53.5 Å². The highest BCUT2D eigenvalue weighted by Gasteiger charge is 2.07. The van der Waals surface area contributed by atoms with E-state index < -0.39 is 5.97 Å². The minimum Gasteiger partial charge on any atom is -0.496 e. The zero-order valence-corrected chi connectivity index (χ0v) is 10.4. The van der Waals surface area contributed by atoms with Crippen molar-refractivity contribution in [2.75, 3.05) is 7.11 Å². The van der Waals surface area contributed by atoms with Crippen molar-refractivity contribution in [2.24, 2.45) is 4.99 Å². The number of benzene rings is 2. The van der Waals surface area contributed by atoms with Crippen LogP contribution in [0.5, 0.6) is 5.75 Å². The quantitative estimate of drug-likeness (QED) is 0.854. The third-order valence-electron chi connectivity index (χ3n) is 2.62. The largest absolute Gasteiger partial charge is 0.496 e. The van der Waals surface area contributed by atoms with Crippen molar-refractivity contribution < 1.29 is 14.6 Å². The molecule has 0 bridgehead atoms. The molecule has 0 heterocycles. The van der Waals surface area contributed by atoms with Gasteiger partial charge in [0.1, 0.15) is 5.75 Å². The number of ether oxygens (including phenoxy) is 1. The van der Waals surface area contributed by atoms with E-state index in [0.717, 1.165) is 5.56 Å². The second-order valence-electron chi connectivity index (χ2n) is 3.82. The molecule has 2 rings (SSSR count). The maximum Gasteiger partial charge on any atom is 0.337 e. The number of aromatic carboxylic acids is 1. The molecule has 0 radical (unpaired) electrons. The van der Waals surface area contributed by atoms with E-state index in [0.29, 0.717) is 11.4 Å². The molecule has 1 N–H and O–H groups in total. The molecule has 0 aliphatic heterocycles. The second-order valence-corrected chi connectivity index (χ2v) is 3.82. The monoisotopic (exact) mass is 255 g/mol. The summed E-state index contributed by atoms with van der Waals surface area (Å²) in [5.74, 6) is -0.299. The number of hydrogen-bond donors (Lipinski definition) is 1. The molecule has 4 heteroatoms. The summed E-state index contributed by atoms with van der Waals surface area (Å²) in [6, 6.07) is 14.0. The van der Waals surface area contributed by atoms with E-state index in [-0.39, 0.29) is 5.56 Å². The first-order chi connectivity index (χ1) is 9.22. The lowest BCUT2D eigenvalue weighted by atomic mass is 10.2. The Bertz CT molecular complexity index is 620. The van der Waals surface area contributed by atoms with Crippen molar-refractivity contribution in [2.45, 2.75) is 0 Å². The summed E-state index contributed by atoms with van der Waals surface area (Å²) < 4.78 is 5.20. The normalized spacial score (nSPS) is 10.6. The lowest BCUT2D eigenvalue weighted by Gasteiger charge is -2.03. The van der Waals surface area contributed by atoms with E-state index in [1.54, 1.807) is 31.5 Å². The lowest BCUT2D eigenvalue weighted by molar-refractivity contribution is 0.0698. The number of carbonyl (C=O) groups is 1. The number of carboxylic acid groups (broad SMARTS) is 1. The minimum atomic E-state index is -0.993. The predicted molar refractivity (Wildman–Crippen MR) is 73.6 cm³/mol. The van der Waals surface area contributed by atoms with E-state index in [2.05, 4.69) is 4.99 Å². The average Bonchev–Trinajstić information content (AvgIpc) is 2.45. The van der Waals surface area contributed by atoms with Gasteiger partial charge in [-0.3, -0.25) is 4.99 Å². The van der Waals surface area contributed by atoms with Gasteiger partial charge >= 0.3 is 5.97 Å². The third kappa shape index (κ3) is 2.98. The molecule has 0 aliphatic rings. The Morgan fingerprint density at radius 3 is 2.58 bits per heavy atom. The Kier molecular flexibility index (Phi) is 3.93. The number of rotatable bonds is 4. The summed E-state index contributed by atoms with van der Waals surface area (Å²) in [5.41, 5.74) is 1.39. The van der Waals surface area contributed by atoms with Crippen LogP contribution in [0.25, 0.3) is 0 Å². The van der Waals surface area contributed by atoms with Gasteiger partial charge < -0.3 is 9.84 Å². The molecule has 0 aromatic heterocycles. The van der Waals surface area contributed by atoms with Gasteiger partial charge in [0.15, 0.2) is 0 Å². The second kappa shape index (κ2) is 5.82. The maximum atomic E-state index is 11.1. The Balaban J connectivity index is 2.35. The van der Waals surface area contributed by atoms with Gasteiger partial charge in [0.05, 0.1) is 18.4 Å². The molecule has 96 valence electrons. The van der Waals surface area contributed by atoms with E-state index in [4.69, 9.17) is 9.84 Å². The molecule has 0 unspecified atom stereocenters. The number of methoxy groups -OCH3 is 1. The van der Waals surface area contributed by atoms with Crippen molar-refractivity contribution in [3.8, 4) is 5.75 Å². The molecule has 0 saturated carbocycles. The molecule has 2 aromatic rings. The van der Waals surface area contributed by atoms with Crippen LogP contribution in [0.3, 0.4) is 0 Å². The summed E-state index contributed by atoms with van der Waals surface area (Å²) in [6.07, 6.45) is 1.60. The summed E-state index contributed by atoms with van der Waals surface area (Å²) in [4.78, 5) is 15.3. The van der Waals surface area contributed by atoms with Crippen molar-refractivity contribution in [3.05, 3.63) is 59.7 Å². The third-order valence-corrected chi connectivity index (χ3v) is 2.62. The predicted octanol–water partition coefficient (Wildman–Crippen LogP) is 3.14. The first kappa shape index (κ1) is 12.8. The van der Waals surface area contributed by atoms with Gasteiger partial charge in [-0.25, -0.2) is 4.79 Å². The highest BCUT2D eigenvalue weighted by atomic mass is 16.5. The fourth-order valence-electron chi connectivity index (χ4n) is 1.68. The fraction of sp³-hybridized carbons (Fsp3) is 0.0667. The summed E-state index contributed by atoms with van der Waals surface area (Å²) in [7, 11) is 1.58. The van der Waals surface area contributed by atoms with Gasteiger partial charge in [0.25, 0.3) is 0 Å². The highest BCUT2D eigenvalue weighted by molar-refractivity contribution is 5.95. The smallest absolute Gasteiger partial charge is 0.337 e. The molecular formula is C15H13NO3. The zero-order chi connectivity index (χ0) is 13.7. The lowest BCUT2D eigenvalue weighted by Crippen LogP contribution is -1.96. The molecule has 4 nitrogen and oxygen atoms in total. The van der Waals surface area contributed by atoms with Gasteiger partial charge in [-0.15, -0.1) is 0 Å². The Labute approximate surface area is 111 Å². The van der Waals surface area contributed by atoms with Crippen molar-refractivity contribution >= 4 is 17.9 Å². The average molecular weight is 255 g/mol. The van der Waals surface area contributed by atoms with E-state index in [1.807, 2.05) is 24.3 Å². The van der Waals surface area contributed by atoms with Gasteiger partial charge in [0.2, 0.25) is 0 Å². The number of aliphatic imine (C=N–C) groups is 1. The van der Waals surface area contributed by atoms with Gasteiger partial charge in [-0.2, -0.15) is 0 Å². The summed E-state index contributed by atoms with van der Waals surface area (Å²) in [6.45, 7) is 0. The summed E-state index contributed by atoms with van der Waals surface area (Å²) in [5, 5.41) is 9.07. The molecule has 0 amide bonds. The minimum absolute atomic E-state index is 0.175. The topological polar surface area (TPSA) is 58.9 Å². The van der Waals surface area contributed by atoms with E-state index in [1.165, 1.54) is 6.07 Å². The molecular weight excluding hydrogens is 242 g/mol. The van der Waals surface area contributed by atoms with Crippen LogP contribution in [0, 0.1) is 0 Å². The van der Waals surface area contributed by atoms with Crippen molar-refractivity contribution in [1.29, 1.82) is 0 Å². The Morgan fingerprint density at radius 2 is 1.84 bits per heavy atom. The first-order valence-corrected chi connectivity index (χ1v) is 5.72. The highest BCUT2D eigenvalue weighted by Crippen LogP contribution is 2.20. The molecule has 19 heavy (non-hydrogen) atoms. The molecule has 0 spiro atoms. The van der Waals surface area contributed by atoms with Crippen molar-refractivity contribution in [3.63, 3.8) is 0 Å². The van der Waals surface area contributed by atoms with Crippen LogP contribution >= 0.6 is 0 Å².